The van der Waals surface area contributed by atoms with Crippen LogP contribution in [0.2, 0.25) is 0 Å². The van der Waals surface area contributed by atoms with E-state index >= 15 is 0 Å². The molecule has 116 valence electrons. The van der Waals surface area contributed by atoms with Crippen molar-refractivity contribution >= 4 is 5.91 Å². The van der Waals surface area contributed by atoms with Gasteiger partial charge in [0, 0.05) is 32.7 Å². The molecule has 1 fully saturated rings. The number of carbonyl (C=O) groups excluding carboxylic acids is 1. The highest BCUT2D eigenvalue weighted by atomic mass is 16.5. The predicted molar refractivity (Wildman–Crippen MR) is 83.8 cm³/mol. The summed E-state index contributed by atoms with van der Waals surface area (Å²) in [4.78, 5) is 14.0. The Bertz CT molecular complexity index is 430. The quantitative estimate of drug-likeness (QED) is 0.875. The average Bonchev–Trinajstić information content (AvgIpc) is 2.54. The molecule has 1 aliphatic rings. The first-order chi connectivity index (χ1) is 10.2. The van der Waals surface area contributed by atoms with E-state index in [2.05, 4.69) is 0 Å². The van der Waals surface area contributed by atoms with Crippen molar-refractivity contribution in [3.05, 3.63) is 35.9 Å². The van der Waals surface area contributed by atoms with Gasteiger partial charge >= 0.3 is 0 Å². The highest BCUT2D eigenvalue weighted by molar-refractivity contribution is 5.75. The first kappa shape index (κ1) is 16.0. The fourth-order valence-electron chi connectivity index (χ4n) is 2.78. The maximum atomic E-state index is 12.2. The third kappa shape index (κ3) is 5.14. The first-order valence-corrected chi connectivity index (χ1v) is 7.79. The zero-order chi connectivity index (χ0) is 15.1. The first-order valence-electron chi connectivity index (χ1n) is 7.79. The minimum absolute atomic E-state index is 0.0680. The Labute approximate surface area is 127 Å². The van der Waals surface area contributed by atoms with Crippen molar-refractivity contribution in [2.45, 2.75) is 31.7 Å². The van der Waals surface area contributed by atoms with Gasteiger partial charge in [-0.1, -0.05) is 30.3 Å². The monoisotopic (exact) mass is 290 g/mol. The summed E-state index contributed by atoms with van der Waals surface area (Å²) >= 11 is 0. The fraction of sp³-hybridized carbons (Fsp3) is 0.588. The zero-order valence-corrected chi connectivity index (χ0v) is 12.8. The predicted octanol–water partition coefficient (Wildman–Crippen LogP) is 2.35. The Kier molecular flexibility index (Phi) is 6.21. The second-order valence-corrected chi connectivity index (χ2v) is 5.91. The van der Waals surface area contributed by atoms with Crippen molar-refractivity contribution in [3.8, 4) is 0 Å². The topological polar surface area (TPSA) is 55.6 Å². The minimum atomic E-state index is -0.0680. The molecule has 2 unspecified atom stereocenters. The average molecular weight is 290 g/mol. The van der Waals surface area contributed by atoms with Gasteiger partial charge < -0.3 is 15.4 Å². The van der Waals surface area contributed by atoms with E-state index in [4.69, 9.17) is 10.5 Å². The molecule has 0 saturated carbocycles. The van der Waals surface area contributed by atoms with Crippen molar-refractivity contribution in [3.63, 3.8) is 0 Å². The second kappa shape index (κ2) is 8.15. The number of nitrogens with two attached hydrogens (primary N) is 1. The molecule has 1 aromatic rings. The number of hydrogen-bond donors (Lipinski definition) is 1. The van der Waals surface area contributed by atoms with Crippen LogP contribution >= 0.6 is 0 Å². The van der Waals surface area contributed by atoms with Crippen LogP contribution in [0.4, 0.5) is 0 Å². The molecule has 0 aromatic heterocycles. The molecule has 0 spiro atoms. The highest BCUT2D eigenvalue weighted by Crippen LogP contribution is 2.17. The van der Waals surface area contributed by atoms with E-state index in [1.807, 2.05) is 42.3 Å². The van der Waals surface area contributed by atoms with Crippen LogP contribution in [-0.2, 0) is 9.53 Å². The lowest BCUT2D eigenvalue weighted by atomic mass is 10.0. The standard InChI is InChI=1S/C17H26N2O2/c1-19(12-14-6-5-11-21-13-14)17(20)10-9-16(18)15-7-3-2-4-8-15/h2-4,7-8,14,16H,5-6,9-13,18H2,1H3. The normalized spacial score (nSPS) is 20.0. The molecule has 1 heterocycles. The van der Waals surface area contributed by atoms with E-state index < -0.39 is 0 Å². The second-order valence-electron chi connectivity index (χ2n) is 5.91. The summed E-state index contributed by atoms with van der Waals surface area (Å²) in [7, 11) is 1.88. The summed E-state index contributed by atoms with van der Waals surface area (Å²) < 4.78 is 5.46. The van der Waals surface area contributed by atoms with Crippen LogP contribution in [0, 0.1) is 5.92 Å². The smallest absolute Gasteiger partial charge is 0.222 e. The largest absolute Gasteiger partial charge is 0.381 e. The molecule has 21 heavy (non-hydrogen) atoms. The van der Waals surface area contributed by atoms with Gasteiger partial charge in [-0.25, -0.2) is 0 Å². The molecule has 2 atom stereocenters. The maximum absolute atomic E-state index is 12.2. The number of rotatable bonds is 6. The van der Waals surface area contributed by atoms with Crippen LogP contribution in [0.25, 0.3) is 0 Å². The van der Waals surface area contributed by atoms with Crippen molar-refractivity contribution in [1.82, 2.24) is 4.90 Å². The molecule has 1 aliphatic heterocycles. The van der Waals surface area contributed by atoms with Gasteiger partial charge in [0.15, 0.2) is 0 Å². The van der Waals surface area contributed by atoms with E-state index in [0.29, 0.717) is 18.8 Å². The summed E-state index contributed by atoms with van der Waals surface area (Å²) in [5.41, 5.74) is 7.23. The molecule has 2 N–H and O–H groups in total. The molecule has 0 aliphatic carbocycles. The number of hydrogen-bond acceptors (Lipinski definition) is 3. The highest BCUT2D eigenvalue weighted by Gasteiger charge is 2.19. The van der Waals surface area contributed by atoms with Gasteiger partial charge in [0.05, 0.1) is 6.61 Å². The van der Waals surface area contributed by atoms with Gasteiger partial charge in [0.25, 0.3) is 0 Å². The SMILES string of the molecule is CN(CC1CCCOC1)C(=O)CCC(N)c1ccccc1. The Morgan fingerprint density at radius 3 is 2.86 bits per heavy atom. The van der Waals surface area contributed by atoms with E-state index in [1.54, 1.807) is 0 Å². The summed E-state index contributed by atoms with van der Waals surface area (Å²) in [5.74, 6) is 0.655. The van der Waals surface area contributed by atoms with Crippen LogP contribution < -0.4 is 5.73 Å². The Morgan fingerprint density at radius 2 is 2.19 bits per heavy atom. The van der Waals surface area contributed by atoms with E-state index in [1.165, 1.54) is 0 Å². The van der Waals surface area contributed by atoms with E-state index in [0.717, 1.165) is 38.2 Å². The summed E-state index contributed by atoms with van der Waals surface area (Å²) in [6.07, 6.45) is 3.45. The van der Waals surface area contributed by atoms with Gasteiger partial charge in [-0.15, -0.1) is 0 Å². The third-order valence-electron chi connectivity index (χ3n) is 4.11. The molecule has 1 aromatic carbocycles. The minimum Gasteiger partial charge on any atom is -0.381 e. The van der Waals surface area contributed by atoms with Gasteiger partial charge in [0.2, 0.25) is 5.91 Å². The maximum Gasteiger partial charge on any atom is 0.222 e. The van der Waals surface area contributed by atoms with Crippen molar-refractivity contribution < 1.29 is 9.53 Å². The van der Waals surface area contributed by atoms with Gasteiger partial charge in [-0.05, 0) is 30.7 Å². The van der Waals surface area contributed by atoms with Crippen LogP contribution in [0.3, 0.4) is 0 Å². The van der Waals surface area contributed by atoms with Crippen molar-refractivity contribution in [1.29, 1.82) is 0 Å². The third-order valence-corrected chi connectivity index (χ3v) is 4.11. The van der Waals surface area contributed by atoms with Crippen LogP contribution in [0.1, 0.15) is 37.3 Å². The molecular formula is C17H26N2O2. The molecule has 4 nitrogen and oxygen atoms in total. The van der Waals surface area contributed by atoms with E-state index in [9.17, 15) is 4.79 Å². The Balaban J connectivity index is 1.73. The van der Waals surface area contributed by atoms with Gasteiger partial charge in [-0.2, -0.15) is 0 Å². The van der Waals surface area contributed by atoms with E-state index in [-0.39, 0.29) is 11.9 Å². The van der Waals surface area contributed by atoms with Crippen LogP contribution in [0.5, 0.6) is 0 Å². The van der Waals surface area contributed by atoms with Crippen LogP contribution in [-0.4, -0.2) is 37.6 Å². The molecule has 1 amide bonds. The number of benzene rings is 1. The lowest BCUT2D eigenvalue weighted by Gasteiger charge is -2.27. The summed E-state index contributed by atoms with van der Waals surface area (Å²) in [6.45, 7) is 2.43. The number of nitrogens with zero attached hydrogens (tertiary/aromatic N) is 1. The van der Waals surface area contributed by atoms with Crippen molar-refractivity contribution in [2.24, 2.45) is 11.7 Å². The molecule has 0 bridgehead atoms. The molecule has 2 rings (SSSR count). The molecule has 4 heteroatoms. The Morgan fingerprint density at radius 1 is 1.43 bits per heavy atom. The number of carbonyl (C=O) groups is 1. The molecular weight excluding hydrogens is 264 g/mol. The molecule has 1 saturated heterocycles. The lowest BCUT2D eigenvalue weighted by Crippen LogP contribution is -2.35. The number of amides is 1. The van der Waals surface area contributed by atoms with Crippen LogP contribution in [0.15, 0.2) is 30.3 Å². The fourth-order valence-corrected chi connectivity index (χ4v) is 2.78. The summed E-state index contributed by atoms with van der Waals surface area (Å²) in [6, 6.07) is 9.89. The Hall–Kier alpha value is -1.39. The van der Waals surface area contributed by atoms with Gasteiger partial charge in [-0.3, -0.25) is 4.79 Å². The number of ether oxygens (including phenoxy) is 1. The van der Waals surface area contributed by atoms with Gasteiger partial charge in [0.1, 0.15) is 0 Å². The zero-order valence-electron chi connectivity index (χ0n) is 12.8. The lowest BCUT2D eigenvalue weighted by molar-refractivity contribution is -0.131. The summed E-state index contributed by atoms with van der Waals surface area (Å²) in [5, 5.41) is 0. The molecule has 0 radical (unpaired) electrons. The van der Waals surface area contributed by atoms with Crippen molar-refractivity contribution in [2.75, 3.05) is 26.8 Å².